The van der Waals surface area contributed by atoms with Gasteiger partial charge in [-0.2, -0.15) is 0 Å². The van der Waals surface area contributed by atoms with Gasteiger partial charge in [0, 0.05) is 20.0 Å². The van der Waals surface area contributed by atoms with Gasteiger partial charge in [-0.3, -0.25) is 14.6 Å². The zero-order valence-corrected chi connectivity index (χ0v) is 17.6. The van der Waals surface area contributed by atoms with Crippen molar-refractivity contribution >= 4 is 27.5 Å². The summed E-state index contributed by atoms with van der Waals surface area (Å²) in [4.78, 5) is 31.1. The van der Waals surface area contributed by atoms with Crippen molar-refractivity contribution in [2.75, 3.05) is 13.1 Å². The second kappa shape index (κ2) is 7.31. The Bertz CT molecular complexity index is 895. The molecule has 0 saturated carbocycles. The summed E-state index contributed by atoms with van der Waals surface area (Å²) in [6.07, 6.45) is 1.24. The van der Waals surface area contributed by atoms with Crippen molar-refractivity contribution in [1.29, 1.82) is 0 Å². The number of sulfonamides is 1. The molecule has 0 spiro atoms. The highest BCUT2D eigenvalue weighted by Crippen LogP contribution is 2.39. The number of carbonyl (C=O) groups is 2. The Morgan fingerprint density at radius 3 is 2.18 bits per heavy atom. The smallest absolute Gasteiger partial charge is 0.283 e. The van der Waals surface area contributed by atoms with Crippen LogP contribution in [0.1, 0.15) is 51.3 Å². The monoisotopic (exact) mass is 405 g/mol. The minimum Gasteiger partial charge on any atom is -0.343 e. The summed E-state index contributed by atoms with van der Waals surface area (Å²) in [6, 6.07) is 8.60. The molecule has 1 aromatic rings. The van der Waals surface area contributed by atoms with Crippen molar-refractivity contribution in [3.63, 3.8) is 0 Å². The van der Waals surface area contributed by atoms with Crippen LogP contribution in [-0.4, -0.2) is 59.8 Å². The summed E-state index contributed by atoms with van der Waals surface area (Å²) in [6.45, 7) is 7.79. The van der Waals surface area contributed by atoms with E-state index in [2.05, 4.69) is 4.99 Å². The number of piperidine rings is 1. The molecule has 1 aromatic carbocycles. The van der Waals surface area contributed by atoms with Gasteiger partial charge in [-0.15, -0.1) is 0 Å². The van der Waals surface area contributed by atoms with Gasteiger partial charge in [-0.1, -0.05) is 30.3 Å². The largest absolute Gasteiger partial charge is 0.343 e. The van der Waals surface area contributed by atoms with E-state index in [0.29, 0.717) is 31.5 Å². The van der Waals surface area contributed by atoms with Crippen LogP contribution < -0.4 is 0 Å². The van der Waals surface area contributed by atoms with Crippen LogP contribution in [0, 0.1) is 0 Å². The molecule has 0 radical (unpaired) electrons. The second-order valence-electron chi connectivity index (χ2n) is 8.33. The van der Waals surface area contributed by atoms with Crippen LogP contribution in [0.4, 0.5) is 0 Å². The first-order valence-electron chi connectivity index (χ1n) is 9.50. The Morgan fingerprint density at radius 1 is 1.11 bits per heavy atom. The maximum atomic E-state index is 13.3. The lowest BCUT2D eigenvalue weighted by Gasteiger charge is -2.30. The minimum atomic E-state index is -3.92. The van der Waals surface area contributed by atoms with Crippen molar-refractivity contribution in [1.82, 2.24) is 9.21 Å². The fourth-order valence-corrected chi connectivity index (χ4v) is 6.10. The third kappa shape index (κ3) is 3.70. The number of carbonyl (C=O) groups excluding carboxylic acids is 2. The first kappa shape index (κ1) is 20.5. The molecule has 0 N–H and O–H groups in total. The van der Waals surface area contributed by atoms with E-state index < -0.39 is 26.7 Å². The molecule has 1 unspecified atom stereocenters. The van der Waals surface area contributed by atoms with Crippen LogP contribution in [0.3, 0.4) is 0 Å². The Morgan fingerprint density at radius 2 is 1.68 bits per heavy atom. The number of rotatable bonds is 2. The van der Waals surface area contributed by atoms with Gasteiger partial charge in [0.15, 0.2) is 5.25 Å². The molecular formula is C20H27N3O4S. The summed E-state index contributed by atoms with van der Waals surface area (Å²) in [7, 11) is -3.92. The van der Waals surface area contributed by atoms with Crippen LogP contribution in [0.25, 0.3) is 0 Å². The van der Waals surface area contributed by atoms with Crippen molar-refractivity contribution < 1.29 is 18.0 Å². The summed E-state index contributed by atoms with van der Waals surface area (Å²) in [5, 5.41) is -1.09. The number of hydrogen-bond acceptors (Lipinski definition) is 5. The average Bonchev–Trinajstić information content (AvgIpc) is 2.81. The molecule has 152 valence electrons. The first-order valence-corrected chi connectivity index (χ1v) is 11.0. The normalized spacial score (nSPS) is 24.8. The molecule has 7 nitrogen and oxygen atoms in total. The first-order chi connectivity index (χ1) is 13.0. The summed E-state index contributed by atoms with van der Waals surface area (Å²) in [5.74, 6) is -0.526. The third-order valence-corrected chi connectivity index (χ3v) is 7.46. The molecule has 28 heavy (non-hydrogen) atoms. The van der Waals surface area contributed by atoms with Gasteiger partial charge in [-0.05, 0) is 39.2 Å². The fraction of sp³-hybridized carbons (Fsp3) is 0.550. The van der Waals surface area contributed by atoms with Crippen molar-refractivity contribution in [2.45, 2.75) is 57.4 Å². The zero-order valence-electron chi connectivity index (χ0n) is 16.8. The Labute approximate surface area is 166 Å². The lowest BCUT2D eigenvalue weighted by Crippen LogP contribution is -2.45. The molecule has 0 aliphatic carbocycles. The van der Waals surface area contributed by atoms with Crippen molar-refractivity contribution in [2.24, 2.45) is 4.99 Å². The van der Waals surface area contributed by atoms with Gasteiger partial charge in [0.1, 0.15) is 5.71 Å². The van der Waals surface area contributed by atoms with Crippen LogP contribution in [0.2, 0.25) is 0 Å². The van der Waals surface area contributed by atoms with Crippen LogP contribution >= 0.6 is 0 Å². The standard InChI is InChI=1S/C20H27N3O4S/c1-14(24)22-12-10-16(11-13-22)21-17-18(15-8-6-5-7-9-15)28(26,27)23(19(17)25)20(2,3)4/h5-9,16,18H,10-13H2,1-4H3. The van der Waals surface area contributed by atoms with Crippen LogP contribution in [0.15, 0.2) is 35.3 Å². The topological polar surface area (TPSA) is 87.1 Å². The number of nitrogens with zero attached hydrogens (tertiary/aromatic N) is 3. The number of aliphatic imine (C=N–C) groups is 1. The van der Waals surface area contributed by atoms with E-state index in [1.165, 1.54) is 6.92 Å². The molecular weight excluding hydrogens is 378 g/mol. The van der Waals surface area contributed by atoms with Gasteiger partial charge in [0.25, 0.3) is 15.9 Å². The van der Waals surface area contributed by atoms with E-state index in [-0.39, 0.29) is 17.7 Å². The van der Waals surface area contributed by atoms with Crippen molar-refractivity contribution in [3.8, 4) is 0 Å². The predicted octanol–water partition coefficient (Wildman–Crippen LogP) is 2.15. The highest BCUT2D eigenvalue weighted by atomic mass is 32.2. The van der Waals surface area contributed by atoms with Gasteiger partial charge >= 0.3 is 0 Å². The highest BCUT2D eigenvalue weighted by molar-refractivity contribution is 7.91. The SMILES string of the molecule is CC(=O)N1CCC(N=C2C(=O)N(C(C)(C)C)S(=O)(=O)C2c2ccccc2)CC1. The fourth-order valence-electron chi connectivity index (χ4n) is 3.85. The Kier molecular flexibility index (Phi) is 5.36. The molecule has 2 aliphatic heterocycles. The molecule has 1 atom stereocenters. The van der Waals surface area contributed by atoms with E-state index in [1.807, 2.05) is 6.07 Å². The summed E-state index contributed by atoms with van der Waals surface area (Å²) in [5.41, 5.74) is -0.247. The maximum absolute atomic E-state index is 13.3. The molecule has 0 bridgehead atoms. The minimum absolute atomic E-state index is 0.0201. The Hall–Kier alpha value is -2.22. The molecule has 2 aliphatic rings. The quantitative estimate of drug-likeness (QED) is 0.754. The molecule has 0 aromatic heterocycles. The number of benzene rings is 1. The highest BCUT2D eigenvalue weighted by Gasteiger charge is 2.54. The number of hydrogen-bond donors (Lipinski definition) is 0. The van der Waals surface area contributed by atoms with Gasteiger partial charge in [0.05, 0.1) is 11.6 Å². The van der Waals surface area contributed by atoms with Gasteiger partial charge < -0.3 is 4.90 Å². The van der Waals surface area contributed by atoms with Gasteiger partial charge in [0.2, 0.25) is 5.91 Å². The molecule has 2 saturated heterocycles. The summed E-state index contributed by atoms with van der Waals surface area (Å²) < 4.78 is 27.6. The second-order valence-corrected chi connectivity index (χ2v) is 10.2. The third-order valence-electron chi connectivity index (χ3n) is 5.15. The number of amides is 2. The Balaban J connectivity index is 2.02. The van der Waals surface area contributed by atoms with Crippen LogP contribution in [-0.2, 0) is 19.6 Å². The lowest BCUT2D eigenvalue weighted by molar-refractivity contribution is -0.129. The molecule has 2 amide bonds. The zero-order chi connectivity index (χ0) is 20.7. The van der Waals surface area contributed by atoms with E-state index in [0.717, 1.165) is 4.31 Å². The van der Waals surface area contributed by atoms with E-state index in [1.54, 1.807) is 49.9 Å². The van der Waals surface area contributed by atoms with Gasteiger partial charge in [-0.25, -0.2) is 12.7 Å². The van der Waals surface area contributed by atoms with Crippen molar-refractivity contribution in [3.05, 3.63) is 35.9 Å². The molecule has 2 heterocycles. The molecule has 2 fully saturated rings. The molecule has 3 rings (SSSR count). The van der Waals surface area contributed by atoms with Crippen LogP contribution in [0.5, 0.6) is 0 Å². The predicted molar refractivity (Wildman–Crippen MR) is 107 cm³/mol. The van der Waals surface area contributed by atoms with E-state index in [9.17, 15) is 18.0 Å². The van der Waals surface area contributed by atoms with E-state index >= 15 is 0 Å². The average molecular weight is 406 g/mol. The maximum Gasteiger partial charge on any atom is 0.283 e. The number of likely N-dealkylation sites (tertiary alicyclic amines) is 1. The van der Waals surface area contributed by atoms with E-state index in [4.69, 9.17) is 0 Å². The lowest BCUT2D eigenvalue weighted by atomic mass is 10.0. The summed E-state index contributed by atoms with van der Waals surface area (Å²) >= 11 is 0. The molecule has 8 heteroatoms.